The molecule has 0 aliphatic heterocycles. The predicted molar refractivity (Wildman–Crippen MR) is 141 cm³/mol. The Morgan fingerprint density at radius 1 is 0.306 bits per heavy atom. The standard InChI is InChI=1S/C12H10O3.3C6H6O/c13-10-7-6-9(11(14)12(10)15)8-4-2-1-3-5-8;3*7-6-4-2-1-3-5-6/h1-7,13-15H;3*1-5,7H. The number of benzene rings is 5. The van der Waals surface area contributed by atoms with Crippen LogP contribution in [0, 0.1) is 0 Å². The zero-order valence-corrected chi connectivity index (χ0v) is 19.4. The van der Waals surface area contributed by atoms with Crippen molar-refractivity contribution in [3.63, 3.8) is 0 Å². The molecule has 0 saturated carbocycles. The lowest BCUT2D eigenvalue weighted by Crippen LogP contribution is -1.79. The molecule has 0 aliphatic rings. The lowest BCUT2D eigenvalue weighted by molar-refractivity contribution is 0.369. The zero-order valence-electron chi connectivity index (χ0n) is 19.4. The number of hydrogen-bond acceptors (Lipinski definition) is 6. The smallest absolute Gasteiger partial charge is 0.200 e. The summed E-state index contributed by atoms with van der Waals surface area (Å²) in [5.74, 6) is -0.155. The van der Waals surface area contributed by atoms with Gasteiger partial charge >= 0.3 is 0 Å². The molecule has 184 valence electrons. The number of aromatic hydroxyl groups is 6. The Morgan fingerprint density at radius 2 is 0.639 bits per heavy atom. The van der Waals surface area contributed by atoms with Crippen LogP contribution < -0.4 is 0 Å². The molecule has 0 saturated heterocycles. The number of rotatable bonds is 1. The van der Waals surface area contributed by atoms with E-state index in [9.17, 15) is 10.2 Å². The number of phenols is 6. The average molecular weight is 485 g/mol. The molecular weight excluding hydrogens is 456 g/mol. The van der Waals surface area contributed by atoms with Gasteiger partial charge in [-0.2, -0.15) is 0 Å². The molecule has 6 nitrogen and oxygen atoms in total. The summed E-state index contributed by atoms with van der Waals surface area (Å²) in [5, 5.41) is 54.0. The van der Waals surface area contributed by atoms with Gasteiger partial charge in [0.25, 0.3) is 0 Å². The van der Waals surface area contributed by atoms with Crippen molar-refractivity contribution in [2.24, 2.45) is 0 Å². The van der Waals surface area contributed by atoms with Crippen molar-refractivity contribution in [3.05, 3.63) is 133 Å². The number of phenolic OH excluding ortho intramolecular Hbond substituents is 6. The summed E-state index contributed by atoms with van der Waals surface area (Å²) >= 11 is 0. The van der Waals surface area contributed by atoms with Gasteiger partial charge in [0, 0.05) is 5.56 Å². The molecule has 0 heterocycles. The number of hydrogen-bond donors (Lipinski definition) is 6. The first kappa shape index (κ1) is 27.1. The molecule has 0 aliphatic carbocycles. The minimum absolute atomic E-state index is 0.304. The Hall–Kier alpha value is -5.10. The van der Waals surface area contributed by atoms with E-state index in [2.05, 4.69) is 0 Å². The normalized spacial score (nSPS) is 9.22. The maximum atomic E-state index is 9.62. The van der Waals surface area contributed by atoms with Crippen molar-refractivity contribution in [2.75, 3.05) is 0 Å². The fourth-order valence-electron chi connectivity index (χ4n) is 2.70. The highest BCUT2D eigenvalue weighted by Gasteiger charge is 2.11. The van der Waals surface area contributed by atoms with Gasteiger partial charge in [-0.25, -0.2) is 0 Å². The van der Waals surface area contributed by atoms with Crippen LogP contribution in [0.15, 0.2) is 133 Å². The van der Waals surface area contributed by atoms with Crippen molar-refractivity contribution < 1.29 is 30.6 Å². The maximum absolute atomic E-state index is 9.62. The highest BCUT2D eigenvalue weighted by Crippen LogP contribution is 2.41. The summed E-state index contributed by atoms with van der Waals surface area (Å²) < 4.78 is 0. The Kier molecular flexibility index (Phi) is 11.3. The molecule has 5 rings (SSSR count). The molecule has 0 bridgehead atoms. The largest absolute Gasteiger partial charge is 0.508 e. The first-order chi connectivity index (χ1) is 17.4. The van der Waals surface area contributed by atoms with Crippen LogP contribution in [-0.4, -0.2) is 30.6 Å². The van der Waals surface area contributed by atoms with Crippen LogP contribution in [0.5, 0.6) is 34.5 Å². The van der Waals surface area contributed by atoms with E-state index in [0.29, 0.717) is 22.8 Å². The van der Waals surface area contributed by atoms with Crippen molar-refractivity contribution >= 4 is 0 Å². The van der Waals surface area contributed by atoms with Crippen LogP contribution in [0.25, 0.3) is 11.1 Å². The van der Waals surface area contributed by atoms with Gasteiger partial charge in [0.05, 0.1) is 0 Å². The SMILES string of the molecule is Oc1ccc(-c2ccccc2)c(O)c1O.Oc1ccccc1.Oc1ccccc1.Oc1ccccc1. The predicted octanol–water partition coefficient (Wildman–Crippen LogP) is 6.65. The van der Waals surface area contributed by atoms with Crippen LogP contribution in [-0.2, 0) is 0 Å². The Balaban J connectivity index is 0.000000183. The molecule has 0 spiro atoms. The van der Waals surface area contributed by atoms with E-state index in [4.69, 9.17) is 20.4 Å². The Morgan fingerprint density at radius 3 is 0.944 bits per heavy atom. The third kappa shape index (κ3) is 9.80. The summed E-state index contributed by atoms with van der Waals surface area (Å²) in [7, 11) is 0. The lowest BCUT2D eigenvalue weighted by atomic mass is 10.0. The van der Waals surface area contributed by atoms with Gasteiger partial charge in [0.15, 0.2) is 11.5 Å². The minimum atomic E-state index is -0.489. The van der Waals surface area contributed by atoms with Crippen LogP contribution in [0.2, 0.25) is 0 Å². The van der Waals surface area contributed by atoms with E-state index >= 15 is 0 Å². The second-order valence-electron chi connectivity index (χ2n) is 7.20. The topological polar surface area (TPSA) is 121 Å². The van der Waals surface area contributed by atoms with Gasteiger partial charge in [-0.05, 0) is 54.1 Å². The van der Waals surface area contributed by atoms with E-state index in [-0.39, 0.29) is 11.5 Å². The summed E-state index contributed by atoms with van der Waals surface area (Å²) in [6, 6.07) is 38.2. The minimum Gasteiger partial charge on any atom is -0.508 e. The van der Waals surface area contributed by atoms with Crippen LogP contribution in [0.4, 0.5) is 0 Å². The molecule has 0 atom stereocenters. The van der Waals surface area contributed by atoms with Gasteiger partial charge in [-0.1, -0.05) is 84.9 Å². The fraction of sp³-hybridized carbons (Fsp3) is 0. The zero-order chi connectivity index (χ0) is 26.2. The maximum Gasteiger partial charge on any atom is 0.200 e. The average Bonchev–Trinajstić information content (AvgIpc) is 2.90. The van der Waals surface area contributed by atoms with Crippen LogP contribution in [0.1, 0.15) is 0 Å². The molecule has 0 aromatic heterocycles. The molecule has 0 amide bonds. The molecule has 36 heavy (non-hydrogen) atoms. The fourth-order valence-corrected chi connectivity index (χ4v) is 2.70. The van der Waals surface area contributed by atoms with Gasteiger partial charge in [0.2, 0.25) is 5.75 Å². The molecule has 5 aromatic carbocycles. The molecule has 0 fully saturated rings. The summed E-state index contributed by atoms with van der Waals surface area (Å²) in [4.78, 5) is 0. The summed E-state index contributed by atoms with van der Waals surface area (Å²) in [5.41, 5.74) is 1.27. The number of para-hydroxylation sites is 3. The van der Waals surface area contributed by atoms with Gasteiger partial charge in [0.1, 0.15) is 17.2 Å². The Labute approximate surface area is 209 Å². The highest BCUT2D eigenvalue weighted by atomic mass is 16.3. The van der Waals surface area contributed by atoms with Gasteiger partial charge in [-0.15, -0.1) is 0 Å². The molecule has 6 N–H and O–H groups in total. The molecule has 0 unspecified atom stereocenters. The monoisotopic (exact) mass is 484 g/mol. The molecule has 5 aromatic rings. The summed E-state index contributed by atoms with van der Waals surface area (Å²) in [6.07, 6.45) is 0. The third-order valence-electron chi connectivity index (χ3n) is 4.48. The van der Waals surface area contributed by atoms with Crippen molar-refractivity contribution in [1.29, 1.82) is 0 Å². The van der Waals surface area contributed by atoms with Crippen LogP contribution in [0.3, 0.4) is 0 Å². The van der Waals surface area contributed by atoms with Gasteiger partial charge < -0.3 is 30.6 Å². The highest BCUT2D eigenvalue weighted by molar-refractivity contribution is 5.75. The lowest BCUT2D eigenvalue weighted by Gasteiger charge is -2.07. The second-order valence-corrected chi connectivity index (χ2v) is 7.20. The van der Waals surface area contributed by atoms with Crippen molar-refractivity contribution in [3.8, 4) is 45.6 Å². The van der Waals surface area contributed by atoms with E-state index in [1.807, 2.05) is 48.5 Å². The van der Waals surface area contributed by atoms with Crippen molar-refractivity contribution in [2.45, 2.75) is 0 Å². The molecule has 0 radical (unpaired) electrons. The van der Waals surface area contributed by atoms with Crippen molar-refractivity contribution in [1.82, 2.24) is 0 Å². The second kappa shape index (κ2) is 14.9. The first-order valence-electron chi connectivity index (χ1n) is 10.9. The Bertz CT molecular complexity index is 1170. The third-order valence-corrected chi connectivity index (χ3v) is 4.48. The van der Waals surface area contributed by atoms with E-state index in [0.717, 1.165) is 5.56 Å². The summed E-state index contributed by atoms with van der Waals surface area (Å²) in [6.45, 7) is 0. The van der Waals surface area contributed by atoms with E-state index < -0.39 is 5.75 Å². The van der Waals surface area contributed by atoms with E-state index in [1.54, 1.807) is 78.9 Å². The van der Waals surface area contributed by atoms with Crippen LogP contribution >= 0.6 is 0 Å². The quantitative estimate of drug-likeness (QED) is 0.148. The molecular formula is C30H28O6. The molecule has 6 heteroatoms. The first-order valence-corrected chi connectivity index (χ1v) is 10.9. The van der Waals surface area contributed by atoms with E-state index in [1.165, 1.54) is 6.07 Å². The van der Waals surface area contributed by atoms with Gasteiger partial charge in [-0.3, -0.25) is 0 Å².